The van der Waals surface area contributed by atoms with Crippen LogP contribution >= 0.6 is 24.0 Å². The number of nitrogens with one attached hydrogen (secondary N) is 1. The van der Waals surface area contributed by atoms with Crippen molar-refractivity contribution in [3.8, 4) is 0 Å². The second-order valence-electron chi connectivity index (χ2n) is 5.69. The number of hydrogen-bond acceptors (Lipinski definition) is 3. The molecule has 128 valence electrons. The molecule has 1 aromatic rings. The molecule has 1 aliphatic heterocycles. The lowest BCUT2D eigenvalue weighted by Crippen LogP contribution is -2.45. The van der Waals surface area contributed by atoms with Crippen LogP contribution in [0.3, 0.4) is 0 Å². The number of guanidine groups is 1. The summed E-state index contributed by atoms with van der Waals surface area (Å²) >= 11 is 0. The molecule has 0 amide bonds. The van der Waals surface area contributed by atoms with Gasteiger partial charge in [0.2, 0.25) is 0 Å². The first kappa shape index (κ1) is 18.3. The number of ether oxygens (including phenoxy) is 1. The van der Waals surface area contributed by atoms with Crippen molar-refractivity contribution in [1.82, 2.24) is 4.90 Å². The number of rotatable bonds is 4. The highest BCUT2D eigenvalue weighted by molar-refractivity contribution is 14.0. The van der Waals surface area contributed by atoms with Crippen LogP contribution < -0.4 is 11.1 Å². The SMILES string of the molecule is I.NC(=NCC1CN(C2CC2)CCO1)Nc1cc(F)ccc1F. The number of benzene rings is 1. The van der Waals surface area contributed by atoms with Crippen molar-refractivity contribution in [1.29, 1.82) is 0 Å². The molecule has 2 fully saturated rings. The first-order valence-corrected chi connectivity index (χ1v) is 7.49. The molecule has 1 aliphatic carbocycles. The number of nitrogens with two attached hydrogens (primary N) is 1. The van der Waals surface area contributed by atoms with Gasteiger partial charge in [-0.25, -0.2) is 8.78 Å². The first-order valence-electron chi connectivity index (χ1n) is 7.49. The van der Waals surface area contributed by atoms with E-state index in [1.54, 1.807) is 0 Å². The molecule has 8 heteroatoms. The van der Waals surface area contributed by atoms with E-state index in [1.165, 1.54) is 12.8 Å². The smallest absolute Gasteiger partial charge is 0.193 e. The summed E-state index contributed by atoms with van der Waals surface area (Å²) in [6, 6.07) is 3.84. The van der Waals surface area contributed by atoms with Gasteiger partial charge in [-0.05, 0) is 25.0 Å². The van der Waals surface area contributed by atoms with Gasteiger partial charge < -0.3 is 15.8 Å². The monoisotopic (exact) mass is 438 g/mol. The highest BCUT2D eigenvalue weighted by atomic mass is 127. The van der Waals surface area contributed by atoms with Gasteiger partial charge in [0.15, 0.2) is 5.96 Å². The summed E-state index contributed by atoms with van der Waals surface area (Å²) in [4.78, 5) is 6.59. The predicted molar refractivity (Wildman–Crippen MR) is 96.2 cm³/mol. The van der Waals surface area contributed by atoms with Crippen LogP contribution in [0.4, 0.5) is 14.5 Å². The van der Waals surface area contributed by atoms with Crippen molar-refractivity contribution in [3.05, 3.63) is 29.8 Å². The molecule has 3 N–H and O–H groups in total. The van der Waals surface area contributed by atoms with E-state index in [-0.39, 0.29) is 41.7 Å². The molecule has 1 saturated heterocycles. The van der Waals surface area contributed by atoms with Gasteiger partial charge in [0.05, 0.1) is 24.9 Å². The van der Waals surface area contributed by atoms with Crippen LogP contribution in [0.15, 0.2) is 23.2 Å². The fraction of sp³-hybridized carbons (Fsp3) is 0.533. The van der Waals surface area contributed by atoms with Gasteiger partial charge in [-0.2, -0.15) is 0 Å². The Morgan fingerprint density at radius 3 is 2.91 bits per heavy atom. The van der Waals surface area contributed by atoms with Crippen molar-refractivity contribution < 1.29 is 13.5 Å². The van der Waals surface area contributed by atoms with E-state index in [2.05, 4.69) is 15.2 Å². The highest BCUT2D eigenvalue weighted by Gasteiger charge is 2.32. The normalized spacial score (nSPS) is 22.5. The number of anilines is 1. The summed E-state index contributed by atoms with van der Waals surface area (Å²) in [6.45, 7) is 2.91. The van der Waals surface area contributed by atoms with Crippen molar-refractivity contribution in [2.45, 2.75) is 25.0 Å². The minimum atomic E-state index is -0.576. The Balaban J connectivity index is 0.00000192. The molecule has 2 aliphatic rings. The number of morpholine rings is 1. The zero-order chi connectivity index (χ0) is 15.5. The lowest BCUT2D eigenvalue weighted by Gasteiger charge is -2.32. The summed E-state index contributed by atoms with van der Waals surface area (Å²) in [6.07, 6.45) is 2.52. The molecule has 0 spiro atoms. The molecule has 23 heavy (non-hydrogen) atoms. The quantitative estimate of drug-likeness (QED) is 0.430. The van der Waals surface area contributed by atoms with E-state index >= 15 is 0 Å². The third kappa shape index (κ3) is 5.25. The average Bonchev–Trinajstić information content (AvgIpc) is 3.34. The van der Waals surface area contributed by atoms with E-state index in [0.29, 0.717) is 19.2 Å². The number of nitrogens with zero attached hydrogens (tertiary/aromatic N) is 2. The van der Waals surface area contributed by atoms with Crippen molar-refractivity contribution in [3.63, 3.8) is 0 Å². The molecule has 3 rings (SSSR count). The van der Waals surface area contributed by atoms with Crippen LogP contribution in [-0.2, 0) is 4.74 Å². The number of aliphatic imine (C=N–C) groups is 1. The number of halogens is 3. The second-order valence-corrected chi connectivity index (χ2v) is 5.69. The molecule has 0 bridgehead atoms. The van der Waals surface area contributed by atoms with Gasteiger partial charge in [0.1, 0.15) is 11.6 Å². The predicted octanol–water partition coefficient (Wildman–Crippen LogP) is 2.17. The Bertz CT molecular complexity index is 568. The fourth-order valence-corrected chi connectivity index (χ4v) is 2.59. The Kier molecular flexibility index (Phi) is 6.54. The Morgan fingerprint density at radius 1 is 1.39 bits per heavy atom. The van der Waals surface area contributed by atoms with E-state index in [4.69, 9.17) is 10.5 Å². The van der Waals surface area contributed by atoms with Gasteiger partial charge in [0.25, 0.3) is 0 Å². The molecule has 1 heterocycles. The maximum absolute atomic E-state index is 13.5. The van der Waals surface area contributed by atoms with Crippen LogP contribution in [0.2, 0.25) is 0 Å². The van der Waals surface area contributed by atoms with E-state index < -0.39 is 11.6 Å². The minimum absolute atomic E-state index is 0. The maximum atomic E-state index is 13.5. The van der Waals surface area contributed by atoms with Gasteiger partial charge in [-0.1, -0.05) is 0 Å². The summed E-state index contributed by atoms with van der Waals surface area (Å²) in [5.74, 6) is -1.06. The van der Waals surface area contributed by atoms with Gasteiger partial charge in [0, 0.05) is 25.2 Å². The third-order valence-electron chi connectivity index (χ3n) is 3.89. The molecule has 1 saturated carbocycles. The summed E-state index contributed by atoms with van der Waals surface area (Å²) in [7, 11) is 0. The summed E-state index contributed by atoms with van der Waals surface area (Å²) in [5.41, 5.74) is 5.71. The number of hydrogen-bond donors (Lipinski definition) is 2. The average molecular weight is 438 g/mol. The largest absolute Gasteiger partial charge is 0.374 e. The molecule has 0 aromatic heterocycles. The molecule has 1 aromatic carbocycles. The minimum Gasteiger partial charge on any atom is -0.374 e. The van der Waals surface area contributed by atoms with Crippen LogP contribution in [0, 0.1) is 11.6 Å². The Hall–Kier alpha value is -1.00. The van der Waals surface area contributed by atoms with Crippen molar-refractivity contribution in [2.75, 3.05) is 31.6 Å². The zero-order valence-electron chi connectivity index (χ0n) is 12.7. The summed E-state index contributed by atoms with van der Waals surface area (Å²) in [5, 5.41) is 2.58. The molecule has 5 nitrogen and oxygen atoms in total. The maximum Gasteiger partial charge on any atom is 0.193 e. The van der Waals surface area contributed by atoms with Gasteiger partial charge >= 0.3 is 0 Å². The van der Waals surface area contributed by atoms with Gasteiger partial charge in [-0.15, -0.1) is 24.0 Å². The standard InChI is InChI=1S/C15H20F2N4O.HI/c16-10-1-4-13(17)14(7-10)20-15(18)19-8-12-9-21(5-6-22-12)11-2-3-11;/h1,4,7,11-12H,2-3,5-6,8-9H2,(H3,18,19,20);1H. The fourth-order valence-electron chi connectivity index (χ4n) is 2.59. The second kappa shape index (κ2) is 8.20. The Labute approximate surface area is 151 Å². The summed E-state index contributed by atoms with van der Waals surface area (Å²) < 4.78 is 32.3. The van der Waals surface area contributed by atoms with Crippen LogP contribution in [0.25, 0.3) is 0 Å². The van der Waals surface area contributed by atoms with Crippen LogP contribution in [0.1, 0.15) is 12.8 Å². The molecule has 0 radical (unpaired) electrons. The third-order valence-corrected chi connectivity index (χ3v) is 3.89. The van der Waals surface area contributed by atoms with Crippen molar-refractivity contribution >= 4 is 35.6 Å². The Morgan fingerprint density at radius 2 is 2.17 bits per heavy atom. The molecular formula is C15H21F2IN4O. The molecule has 1 unspecified atom stereocenters. The van der Waals surface area contributed by atoms with E-state index in [1.807, 2.05) is 0 Å². The molecule has 1 atom stereocenters. The lowest BCUT2D eigenvalue weighted by atomic mass is 10.2. The van der Waals surface area contributed by atoms with E-state index in [9.17, 15) is 8.78 Å². The van der Waals surface area contributed by atoms with E-state index in [0.717, 1.165) is 31.3 Å². The van der Waals surface area contributed by atoms with Crippen LogP contribution in [0.5, 0.6) is 0 Å². The zero-order valence-corrected chi connectivity index (χ0v) is 15.0. The van der Waals surface area contributed by atoms with Crippen molar-refractivity contribution in [2.24, 2.45) is 10.7 Å². The topological polar surface area (TPSA) is 62.9 Å². The first-order chi connectivity index (χ1) is 10.6. The highest BCUT2D eigenvalue weighted by Crippen LogP contribution is 2.28. The molecular weight excluding hydrogens is 417 g/mol. The van der Waals surface area contributed by atoms with Gasteiger partial charge in [-0.3, -0.25) is 9.89 Å². The van der Waals surface area contributed by atoms with Crippen LogP contribution in [-0.4, -0.2) is 49.2 Å². The lowest BCUT2D eigenvalue weighted by molar-refractivity contribution is -0.0258.